The van der Waals surface area contributed by atoms with Gasteiger partial charge in [-0.3, -0.25) is 9.52 Å². The number of carbonyl (C=O) groups excluding carboxylic acids is 1. The van der Waals surface area contributed by atoms with Crippen LogP contribution in [0.1, 0.15) is 41.0 Å². The number of alkyl halides is 2. The molecule has 0 unspecified atom stereocenters. The summed E-state index contributed by atoms with van der Waals surface area (Å²) < 4.78 is 54.8. The van der Waals surface area contributed by atoms with Gasteiger partial charge >= 0.3 is 0 Å². The quantitative estimate of drug-likeness (QED) is 0.525. The van der Waals surface area contributed by atoms with Crippen LogP contribution >= 0.6 is 11.6 Å². The van der Waals surface area contributed by atoms with Gasteiger partial charge in [0.25, 0.3) is 11.8 Å². The number of carbonyl (C=O) groups is 1. The first-order valence-corrected chi connectivity index (χ1v) is 13.1. The Kier molecular flexibility index (Phi) is 6.39. The molecule has 0 bridgehead atoms. The fraction of sp³-hybridized carbons (Fsp3) is 0.409. The van der Waals surface area contributed by atoms with E-state index in [0.29, 0.717) is 22.7 Å². The van der Waals surface area contributed by atoms with Gasteiger partial charge in [-0.1, -0.05) is 11.6 Å². The van der Waals surface area contributed by atoms with Gasteiger partial charge in [0.15, 0.2) is 5.65 Å². The molecule has 3 aromatic rings. The van der Waals surface area contributed by atoms with Crippen molar-refractivity contribution in [3.05, 3.63) is 52.3 Å². The van der Waals surface area contributed by atoms with Crippen LogP contribution in [0.5, 0.6) is 0 Å². The second kappa shape index (κ2) is 8.90. The molecule has 1 N–H and O–H groups in total. The van der Waals surface area contributed by atoms with Crippen molar-refractivity contribution in [2.45, 2.75) is 32.2 Å². The van der Waals surface area contributed by atoms with Crippen molar-refractivity contribution in [2.24, 2.45) is 0 Å². The highest BCUT2D eigenvalue weighted by Gasteiger charge is 2.39. The molecule has 0 saturated carbocycles. The van der Waals surface area contributed by atoms with E-state index in [-0.39, 0.29) is 35.8 Å². The van der Waals surface area contributed by atoms with E-state index in [1.165, 1.54) is 23.1 Å². The average Bonchev–Trinajstić information content (AvgIpc) is 3.34. The molecular formula is C22H25ClF2N6O3S. The summed E-state index contributed by atoms with van der Waals surface area (Å²) in [6, 6.07) is 5.48. The number of nitrogens with one attached hydrogen (secondary N) is 1. The number of hydrogen-bond acceptors (Lipinski definition) is 6. The smallest absolute Gasteiger partial charge is 0.266 e. The van der Waals surface area contributed by atoms with E-state index in [4.69, 9.17) is 11.6 Å². The summed E-state index contributed by atoms with van der Waals surface area (Å²) >= 11 is 6.07. The predicted octanol–water partition coefficient (Wildman–Crippen LogP) is 3.74. The van der Waals surface area contributed by atoms with Crippen LogP contribution in [-0.4, -0.2) is 66.1 Å². The van der Waals surface area contributed by atoms with Crippen LogP contribution in [-0.2, 0) is 10.0 Å². The van der Waals surface area contributed by atoms with Gasteiger partial charge in [-0.2, -0.15) is 5.10 Å². The average molecular weight is 527 g/mol. The third-order valence-corrected chi connectivity index (χ3v) is 6.76. The summed E-state index contributed by atoms with van der Waals surface area (Å²) in [7, 11) is -2.05. The fourth-order valence-corrected chi connectivity index (χ4v) is 4.76. The third kappa shape index (κ3) is 5.32. The molecular weight excluding hydrogens is 502 g/mol. The Hall–Kier alpha value is -2.99. The number of sulfonamides is 1. The normalized spacial score (nSPS) is 16.5. The van der Waals surface area contributed by atoms with E-state index in [2.05, 4.69) is 14.8 Å². The van der Waals surface area contributed by atoms with Gasteiger partial charge in [-0.15, -0.1) is 0 Å². The number of aromatic nitrogens is 3. The molecule has 35 heavy (non-hydrogen) atoms. The minimum absolute atomic E-state index is 0.0901. The van der Waals surface area contributed by atoms with E-state index >= 15 is 0 Å². The van der Waals surface area contributed by atoms with Crippen LogP contribution in [0.15, 0.2) is 30.5 Å². The molecule has 1 aliphatic heterocycles. The van der Waals surface area contributed by atoms with Crippen molar-refractivity contribution < 1.29 is 22.0 Å². The lowest BCUT2D eigenvalue weighted by Gasteiger charge is -2.24. The Morgan fingerprint density at radius 2 is 2.03 bits per heavy atom. The van der Waals surface area contributed by atoms with Crippen LogP contribution < -0.4 is 9.62 Å². The van der Waals surface area contributed by atoms with Gasteiger partial charge in [0.1, 0.15) is 5.82 Å². The predicted molar refractivity (Wildman–Crippen MR) is 130 cm³/mol. The molecule has 1 aliphatic rings. The molecule has 1 amide bonds. The number of anilines is 2. The highest BCUT2D eigenvalue weighted by atomic mass is 35.5. The first-order chi connectivity index (χ1) is 16.2. The standard InChI is InChI=1S/C22H25ClF2N6O3S/c1-13-11-31-19(26-20(13)30-8-7-22(24,25)12-30)10-18(27-31)14(2)29(3)21(32)16-9-15(23)5-6-17(16)28-35(4,33)34/h5-6,9-11,14,28H,7-8,12H2,1-4H3/t14-/m0/s1. The Bertz CT molecular complexity index is 1410. The summed E-state index contributed by atoms with van der Waals surface area (Å²) in [5.41, 5.74) is 1.90. The highest BCUT2D eigenvalue weighted by molar-refractivity contribution is 7.92. The maximum atomic E-state index is 13.7. The molecule has 1 saturated heterocycles. The van der Waals surface area contributed by atoms with Crippen LogP contribution in [0.25, 0.3) is 5.65 Å². The highest BCUT2D eigenvalue weighted by Crippen LogP contribution is 2.32. The first-order valence-electron chi connectivity index (χ1n) is 10.8. The van der Waals surface area contributed by atoms with E-state index in [1.54, 1.807) is 42.6 Å². The molecule has 0 radical (unpaired) electrons. The van der Waals surface area contributed by atoms with E-state index in [0.717, 1.165) is 6.26 Å². The monoisotopic (exact) mass is 526 g/mol. The second-order valence-electron chi connectivity index (χ2n) is 8.80. The maximum absolute atomic E-state index is 13.7. The lowest BCUT2D eigenvalue weighted by atomic mass is 10.1. The zero-order valence-electron chi connectivity index (χ0n) is 19.6. The molecule has 0 aliphatic carbocycles. The summed E-state index contributed by atoms with van der Waals surface area (Å²) in [5.74, 6) is -2.73. The Morgan fingerprint density at radius 3 is 2.66 bits per heavy atom. The number of nitrogens with zero attached hydrogens (tertiary/aromatic N) is 5. The molecule has 1 fully saturated rings. The number of amides is 1. The van der Waals surface area contributed by atoms with Gasteiger partial charge in [-0.05, 0) is 32.0 Å². The lowest BCUT2D eigenvalue weighted by Crippen LogP contribution is -2.31. The number of halogens is 3. The molecule has 1 atom stereocenters. The molecule has 4 rings (SSSR count). The van der Waals surface area contributed by atoms with Crippen molar-refractivity contribution in [1.29, 1.82) is 0 Å². The van der Waals surface area contributed by atoms with Crippen LogP contribution in [0.2, 0.25) is 5.02 Å². The van der Waals surface area contributed by atoms with Gasteiger partial charge in [-0.25, -0.2) is 26.7 Å². The third-order valence-electron chi connectivity index (χ3n) is 5.93. The Balaban J connectivity index is 1.62. The number of fused-ring (bicyclic) bond motifs is 1. The van der Waals surface area contributed by atoms with Crippen LogP contribution in [0.3, 0.4) is 0 Å². The molecule has 13 heteroatoms. The number of aryl methyl sites for hydroxylation is 1. The van der Waals surface area contributed by atoms with Crippen LogP contribution in [0, 0.1) is 6.92 Å². The SMILES string of the molecule is Cc1cn2nc([C@H](C)N(C)C(=O)c3cc(Cl)ccc3NS(C)(=O)=O)cc2nc1N1CCC(F)(F)C1. The van der Waals surface area contributed by atoms with Crippen molar-refractivity contribution in [3.8, 4) is 0 Å². The van der Waals surface area contributed by atoms with E-state index in [9.17, 15) is 22.0 Å². The minimum Gasteiger partial charge on any atom is -0.350 e. The first kappa shape index (κ1) is 25.1. The van der Waals surface area contributed by atoms with E-state index in [1.807, 2.05) is 0 Å². The number of benzene rings is 1. The zero-order chi connectivity index (χ0) is 25.7. The van der Waals surface area contributed by atoms with Crippen LogP contribution in [0.4, 0.5) is 20.3 Å². The number of rotatable bonds is 6. The second-order valence-corrected chi connectivity index (χ2v) is 11.0. The largest absolute Gasteiger partial charge is 0.350 e. The van der Waals surface area contributed by atoms with Gasteiger partial charge < -0.3 is 9.80 Å². The molecule has 2 aromatic heterocycles. The lowest BCUT2D eigenvalue weighted by molar-refractivity contribution is 0.0256. The summed E-state index contributed by atoms with van der Waals surface area (Å²) in [4.78, 5) is 20.8. The van der Waals surface area contributed by atoms with Crippen molar-refractivity contribution in [3.63, 3.8) is 0 Å². The molecule has 3 heterocycles. The summed E-state index contributed by atoms with van der Waals surface area (Å²) in [6.45, 7) is 3.39. The van der Waals surface area contributed by atoms with Crippen molar-refractivity contribution in [2.75, 3.05) is 36.0 Å². The number of hydrogen-bond donors (Lipinski definition) is 1. The summed E-state index contributed by atoms with van der Waals surface area (Å²) in [5, 5.41) is 4.80. The molecule has 1 aromatic carbocycles. The Morgan fingerprint density at radius 1 is 1.31 bits per heavy atom. The topological polar surface area (TPSA) is 99.9 Å². The molecule has 0 spiro atoms. The molecule has 188 valence electrons. The van der Waals surface area contributed by atoms with Gasteiger partial charge in [0.05, 0.1) is 35.8 Å². The zero-order valence-corrected chi connectivity index (χ0v) is 21.2. The minimum atomic E-state index is -3.62. The molecule has 9 nitrogen and oxygen atoms in total. The van der Waals surface area contributed by atoms with Crippen molar-refractivity contribution >= 4 is 44.7 Å². The maximum Gasteiger partial charge on any atom is 0.266 e. The van der Waals surface area contributed by atoms with Crippen molar-refractivity contribution in [1.82, 2.24) is 19.5 Å². The van der Waals surface area contributed by atoms with Gasteiger partial charge in [0, 0.05) is 42.9 Å². The fourth-order valence-electron chi connectivity index (χ4n) is 4.01. The van der Waals surface area contributed by atoms with Gasteiger partial charge in [0.2, 0.25) is 10.0 Å². The Labute approximate surface area is 206 Å². The van der Waals surface area contributed by atoms with E-state index < -0.39 is 27.9 Å². The summed E-state index contributed by atoms with van der Waals surface area (Å²) in [6.07, 6.45) is 2.50.